The summed E-state index contributed by atoms with van der Waals surface area (Å²) in [5.74, 6) is -0.184. The van der Waals surface area contributed by atoms with Gasteiger partial charge in [0, 0.05) is 13.1 Å². The molecule has 0 bridgehead atoms. The third kappa shape index (κ3) is 2.36. The van der Waals surface area contributed by atoms with Crippen molar-refractivity contribution in [1.29, 1.82) is 0 Å². The van der Waals surface area contributed by atoms with E-state index in [1.165, 1.54) is 11.6 Å². The molecular weight excluding hydrogens is 193 g/mol. The van der Waals surface area contributed by atoms with Gasteiger partial charge in [-0.25, -0.2) is 4.39 Å². The third-order valence-corrected chi connectivity index (χ3v) is 2.76. The fraction of sp³-hybridized carbons (Fsp3) is 0.500. The van der Waals surface area contributed by atoms with Crippen LogP contribution in [0.4, 0.5) is 4.39 Å². The Morgan fingerprint density at radius 1 is 1.53 bits per heavy atom. The van der Waals surface area contributed by atoms with E-state index in [1.807, 2.05) is 6.07 Å². The van der Waals surface area contributed by atoms with Crippen molar-refractivity contribution in [2.75, 3.05) is 19.7 Å². The number of halogens is 1. The first-order chi connectivity index (χ1) is 7.31. The van der Waals surface area contributed by atoms with Crippen molar-refractivity contribution >= 4 is 0 Å². The Hall–Kier alpha value is -0.930. The van der Waals surface area contributed by atoms with Crippen LogP contribution in [0.25, 0.3) is 0 Å². The number of aryl methyl sites for hydroxylation is 1. The summed E-state index contributed by atoms with van der Waals surface area (Å²) in [4.78, 5) is 0. The molecule has 1 heterocycles. The van der Waals surface area contributed by atoms with Crippen LogP contribution in [0.15, 0.2) is 18.2 Å². The number of rotatable bonds is 2. The second-order valence-corrected chi connectivity index (χ2v) is 3.76. The van der Waals surface area contributed by atoms with Crippen molar-refractivity contribution in [3.8, 4) is 0 Å². The van der Waals surface area contributed by atoms with Crippen LogP contribution in [0.5, 0.6) is 0 Å². The Bertz CT molecular complexity index is 334. The zero-order valence-corrected chi connectivity index (χ0v) is 8.92. The van der Waals surface area contributed by atoms with E-state index in [-0.39, 0.29) is 11.9 Å². The van der Waals surface area contributed by atoms with Gasteiger partial charge >= 0.3 is 0 Å². The molecule has 1 aromatic carbocycles. The quantitative estimate of drug-likeness (QED) is 0.805. The van der Waals surface area contributed by atoms with Gasteiger partial charge in [0.15, 0.2) is 0 Å². The maximum absolute atomic E-state index is 13.2. The molecule has 1 aliphatic rings. The molecule has 1 atom stereocenters. The summed E-state index contributed by atoms with van der Waals surface area (Å²) in [7, 11) is 0. The molecular formula is C12H16FNO. The largest absolute Gasteiger partial charge is 0.371 e. The predicted octanol–water partition coefficient (Wildman–Crippen LogP) is 2.05. The first kappa shape index (κ1) is 10.6. The van der Waals surface area contributed by atoms with E-state index in [9.17, 15) is 4.39 Å². The van der Waals surface area contributed by atoms with Gasteiger partial charge in [-0.2, -0.15) is 0 Å². The molecule has 0 saturated carbocycles. The molecule has 1 unspecified atom stereocenters. The average Bonchev–Trinajstić information content (AvgIpc) is 2.30. The maximum Gasteiger partial charge on any atom is 0.123 e. The van der Waals surface area contributed by atoms with E-state index in [0.717, 1.165) is 25.1 Å². The van der Waals surface area contributed by atoms with Gasteiger partial charge in [-0.1, -0.05) is 13.0 Å². The minimum absolute atomic E-state index is 0.00407. The van der Waals surface area contributed by atoms with Crippen molar-refractivity contribution in [3.05, 3.63) is 35.1 Å². The molecule has 0 spiro atoms. The molecule has 1 saturated heterocycles. The summed E-state index contributed by atoms with van der Waals surface area (Å²) in [5, 5.41) is 3.26. The number of hydrogen-bond acceptors (Lipinski definition) is 2. The predicted molar refractivity (Wildman–Crippen MR) is 57.3 cm³/mol. The third-order valence-electron chi connectivity index (χ3n) is 2.76. The van der Waals surface area contributed by atoms with Gasteiger partial charge in [-0.05, 0) is 29.7 Å². The second-order valence-electron chi connectivity index (χ2n) is 3.76. The summed E-state index contributed by atoms with van der Waals surface area (Å²) in [5.41, 5.74) is 2.16. The van der Waals surface area contributed by atoms with Crippen LogP contribution in [0.1, 0.15) is 24.2 Å². The summed E-state index contributed by atoms with van der Waals surface area (Å²) in [6.45, 7) is 4.43. The van der Waals surface area contributed by atoms with Crippen LogP contribution >= 0.6 is 0 Å². The molecule has 0 aliphatic carbocycles. The van der Waals surface area contributed by atoms with E-state index in [0.29, 0.717) is 6.61 Å². The molecule has 2 nitrogen and oxygen atoms in total. The van der Waals surface area contributed by atoms with E-state index < -0.39 is 0 Å². The van der Waals surface area contributed by atoms with Gasteiger partial charge < -0.3 is 10.1 Å². The summed E-state index contributed by atoms with van der Waals surface area (Å²) in [6.07, 6.45) is 0.916. The fourth-order valence-corrected chi connectivity index (χ4v) is 1.95. The highest BCUT2D eigenvalue weighted by molar-refractivity contribution is 5.30. The molecule has 82 valence electrons. The minimum Gasteiger partial charge on any atom is -0.371 e. The highest BCUT2D eigenvalue weighted by Gasteiger charge is 2.18. The van der Waals surface area contributed by atoms with Gasteiger partial charge in [0.05, 0.1) is 12.7 Å². The lowest BCUT2D eigenvalue weighted by Crippen LogP contribution is -2.33. The smallest absolute Gasteiger partial charge is 0.123 e. The first-order valence-electron chi connectivity index (χ1n) is 5.42. The Morgan fingerprint density at radius 3 is 3.07 bits per heavy atom. The summed E-state index contributed by atoms with van der Waals surface area (Å²) in [6, 6.07) is 4.96. The summed E-state index contributed by atoms with van der Waals surface area (Å²) >= 11 is 0. The lowest BCUT2D eigenvalue weighted by Gasteiger charge is -2.25. The molecule has 0 radical (unpaired) electrons. The van der Waals surface area contributed by atoms with E-state index in [2.05, 4.69) is 12.2 Å². The van der Waals surface area contributed by atoms with Crippen LogP contribution in [0.2, 0.25) is 0 Å². The van der Waals surface area contributed by atoms with Crippen LogP contribution < -0.4 is 5.32 Å². The number of morpholine rings is 1. The van der Waals surface area contributed by atoms with E-state index in [4.69, 9.17) is 4.74 Å². The highest BCUT2D eigenvalue weighted by Crippen LogP contribution is 2.24. The van der Waals surface area contributed by atoms with E-state index >= 15 is 0 Å². The van der Waals surface area contributed by atoms with E-state index in [1.54, 1.807) is 6.07 Å². The molecule has 1 aliphatic heterocycles. The first-order valence-corrected chi connectivity index (χ1v) is 5.42. The molecule has 0 amide bonds. The molecule has 1 fully saturated rings. The Labute approximate surface area is 89.4 Å². The number of ether oxygens (including phenoxy) is 1. The monoisotopic (exact) mass is 209 g/mol. The molecule has 2 rings (SSSR count). The van der Waals surface area contributed by atoms with Crippen LogP contribution in [-0.4, -0.2) is 19.7 Å². The van der Waals surface area contributed by atoms with Gasteiger partial charge in [0.1, 0.15) is 5.82 Å². The minimum atomic E-state index is -0.184. The van der Waals surface area contributed by atoms with Crippen LogP contribution in [-0.2, 0) is 11.2 Å². The standard InChI is InChI=1S/C12H16FNO/c1-2-9-3-4-10(13)7-11(9)12-8-14-5-6-15-12/h3-4,7,12,14H,2,5-6,8H2,1H3. The molecule has 1 N–H and O–H groups in total. The number of hydrogen-bond donors (Lipinski definition) is 1. The fourth-order valence-electron chi connectivity index (χ4n) is 1.95. The average molecular weight is 209 g/mol. The Balaban J connectivity index is 2.27. The SMILES string of the molecule is CCc1ccc(F)cc1C1CNCCO1. The topological polar surface area (TPSA) is 21.3 Å². The van der Waals surface area contributed by atoms with Crippen molar-refractivity contribution in [1.82, 2.24) is 5.32 Å². The zero-order valence-electron chi connectivity index (χ0n) is 8.92. The Morgan fingerprint density at radius 2 is 2.40 bits per heavy atom. The van der Waals surface area contributed by atoms with Gasteiger partial charge in [0.25, 0.3) is 0 Å². The van der Waals surface area contributed by atoms with Gasteiger partial charge in [0.2, 0.25) is 0 Å². The normalized spacial score (nSPS) is 21.6. The highest BCUT2D eigenvalue weighted by atomic mass is 19.1. The Kier molecular flexibility index (Phi) is 3.34. The maximum atomic E-state index is 13.2. The van der Waals surface area contributed by atoms with Crippen LogP contribution in [0.3, 0.4) is 0 Å². The number of benzene rings is 1. The van der Waals surface area contributed by atoms with Crippen molar-refractivity contribution in [2.24, 2.45) is 0 Å². The van der Waals surface area contributed by atoms with Crippen LogP contribution in [0, 0.1) is 5.82 Å². The molecule has 0 aromatic heterocycles. The second kappa shape index (κ2) is 4.73. The van der Waals surface area contributed by atoms with Gasteiger partial charge in [-0.15, -0.1) is 0 Å². The number of nitrogens with one attached hydrogen (secondary N) is 1. The molecule has 15 heavy (non-hydrogen) atoms. The van der Waals surface area contributed by atoms with Crippen molar-refractivity contribution in [3.63, 3.8) is 0 Å². The van der Waals surface area contributed by atoms with Crippen molar-refractivity contribution < 1.29 is 9.13 Å². The molecule has 1 aromatic rings. The summed E-state index contributed by atoms with van der Waals surface area (Å²) < 4.78 is 18.8. The van der Waals surface area contributed by atoms with Crippen molar-refractivity contribution in [2.45, 2.75) is 19.4 Å². The van der Waals surface area contributed by atoms with Gasteiger partial charge in [-0.3, -0.25) is 0 Å². The lowest BCUT2D eigenvalue weighted by molar-refractivity contribution is 0.0270. The lowest BCUT2D eigenvalue weighted by atomic mass is 9.99. The zero-order chi connectivity index (χ0) is 10.7. The molecule has 3 heteroatoms.